The molecule has 3 fully saturated rings. The summed E-state index contributed by atoms with van der Waals surface area (Å²) in [6.07, 6.45) is 9.00. The minimum absolute atomic E-state index is 0.0413. The maximum Gasteiger partial charge on any atom is 0.197 e. The molecule has 8 heteroatoms. The Morgan fingerprint density at radius 1 is 0.871 bits per heavy atom. The smallest absolute Gasteiger partial charge is 0.197 e. The molecule has 2 saturated carbocycles. The van der Waals surface area contributed by atoms with E-state index in [1.165, 1.54) is 12.1 Å². The van der Waals surface area contributed by atoms with Crippen LogP contribution in [-0.4, -0.2) is 39.3 Å². The van der Waals surface area contributed by atoms with E-state index in [2.05, 4.69) is 19.9 Å². The highest BCUT2D eigenvalue weighted by atomic mass is 19.1. The van der Waals surface area contributed by atoms with Gasteiger partial charge in [-0.3, -0.25) is 0 Å². The van der Waals surface area contributed by atoms with Crippen LogP contribution in [0.15, 0.2) is 43.0 Å². The highest BCUT2D eigenvalue weighted by Crippen LogP contribution is 2.55. The van der Waals surface area contributed by atoms with Crippen molar-refractivity contribution in [3.8, 4) is 17.4 Å². The summed E-state index contributed by atoms with van der Waals surface area (Å²) in [5, 5.41) is 0. The summed E-state index contributed by atoms with van der Waals surface area (Å²) < 4.78 is 40.2. The second kappa shape index (κ2) is 7.02. The fraction of sp³-hybridized carbons (Fsp3) is 0.391. The van der Waals surface area contributed by atoms with Crippen molar-refractivity contribution < 1.29 is 18.3 Å². The molecule has 31 heavy (non-hydrogen) atoms. The summed E-state index contributed by atoms with van der Waals surface area (Å²) in [6, 6.07) is 4.53. The Morgan fingerprint density at radius 2 is 1.48 bits per heavy atom. The van der Waals surface area contributed by atoms with Gasteiger partial charge in [0.2, 0.25) is 0 Å². The first-order chi connectivity index (χ1) is 15.1. The van der Waals surface area contributed by atoms with Crippen molar-refractivity contribution in [3.05, 3.63) is 65.7 Å². The molecule has 0 amide bonds. The van der Waals surface area contributed by atoms with Gasteiger partial charge in [0, 0.05) is 30.2 Å². The summed E-state index contributed by atoms with van der Waals surface area (Å²) in [5.74, 6) is -0.453. The van der Waals surface area contributed by atoms with Crippen molar-refractivity contribution in [3.63, 3.8) is 0 Å². The molecule has 2 aliphatic carbocycles. The second-order valence-corrected chi connectivity index (χ2v) is 8.82. The standard InChI is InChI=1S/C23H20F2N4O2/c24-18-4-13(5-19(25)20(18)31-15-7-23(8-15)11-30-12-23)16-6-17(16)14-9-28-22(29-10-14)21-26-2-1-3-27-21/h1-5,9-10,15-17H,6-8,11-12H2/t16-,17+/m1/s1. The van der Waals surface area contributed by atoms with Crippen LogP contribution in [0.2, 0.25) is 0 Å². The molecule has 1 aliphatic heterocycles. The van der Waals surface area contributed by atoms with Crippen LogP contribution in [0.3, 0.4) is 0 Å². The predicted octanol–water partition coefficient (Wildman–Crippen LogP) is 4.04. The first-order valence-electron chi connectivity index (χ1n) is 10.4. The summed E-state index contributed by atoms with van der Waals surface area (Å²) in [7, 11) is 0. The molecule has 0 N–H and O–H groups in total. The molecule has 6 nitrogen and oxygen atoms in total. The van der Waals surface area contributed by atoms with E-state index in [1.54, 1.807) is 30.9 Å². The van der Waals surface area contributed by atoms with E-state index in [0.717, 1.165) is 38.0 Å². The molecule has 6 rings (SSSR count). The fourth-order valence-corrected chi connectivity index (χ4v) is 4.68. The average molecular weight is 422 g/mol. The molecular formula is C23H20F2N4O2. The number of rotatable bonds is 5. The molecule has 1 aromatic carbocycles. The molecule has 0 radical (unpaired) electrons. The molecular weight excluding hydrogens is 402 g/mol. The number of nitrogens with zero attached hydrogens (tertiary/aromatic N) is 4. The van der Waals surface area contributed by atoms with Crippen LogP contribution in [0.25, 0.3) is 11.6 Å². The number of hydrogen-bond acceptors (Lipinski definition) is 6. The van der Waals surface area contributed by atoms with E-state index in [0.29, 0.717) is 17.2 Å². The van der Waals surface area contributed by atoms with E-state index < -0.39 is 11.6 Å². The average Bonchev–Trinajstić information content (AvgIpc) is 3.52. The van der Waals surface area contributed by atoms with Gasteiger partial charge in [0.25, 0.3) is 0 Å². The number of hydrogen-bond donors (Lipinski definition) is 0. The van der Waals surface area contributed by atoms with Gasteiger partial charge >= 0.3 is 0 Å². The zero-order valence-electron chi connectivity index (χ0n) is 16.7. The Morgan fingerprint density at radius 3 is 2.10 bits per heavy atom. The number of ether oxygens (including phenoxy) is 2. The van der Waals surface area contributed by atoms with Gasteiger partial charge in [-0.2, -0.15) is 0 Å². The number of benzene rings is 1. The summed E-state index contributed by atoms with van der Waals surface area (Å²) in [4.78, 5) is 17.0. The quantitative estimate of drug-likeness (QED) is 0.618. The normalized spacial score (nSPS) is 23.8. The van der Waals surface area contributed by atoms with Crippen molar-refractivity contribution >= 4 is 0 Å². The van der Waals surface area contributed by atoms with E-state index in [-0.39, 0.29) is 29.1 Å². The SMILES string of the molecule is Fc1cc([C@H]2C[C@H]2c2cnc(-c3ncccn3)nc2)cc(F)c1OC1CC2(COC2)C1. The monoisotopic (exact) mass is 422 g/mol. The molecule has 1 spiro atoms. The first-order valence-corrected chi connectivity index (χ1v) is 10.4. The Balaban J connectivity index is 1.14. The topological polar surface area (TPSA) is 70.0 Å². The van der Waals surface area contributed by atoms with E-state index in [1.807, 2.05) is 0 Å². The molecule has 2 atom stereocenters. The van der Waals surface area contributed by atoms with Crippen molar-refractivity contribution in [1.82, 2.24) is 19.9 Å². The van der Waals surface area contributed by atoms with Crippen LogP contribution in [0.5, 0.6) is 5.75 Å². The largest absolute Gasteiger partial charge is 0.484 e. The van der Waals surface area contributed by atoms with Crippen molar-refractivity contribution in [2.75, 3.05) is 13.2 Å². The van der Waals surface area contributed by atoms with Crippen LogP contribution in [0, 0.1) is 17.0 Å². The molecule has 1 saturated heterocycles. The van der Waals surface area contributed by atoms with Gasteiger partial charge in [-0.15, -0.1) is 0 Å². The Kier molecular flexibility index (Phi) is 4.24. The van der Waals surface area contributed by atoms with Gasteiger partial charge in [0.05, 0.1) is 13.2 Å². The van der Waals surface area contributed by atoms with Gasteiger partial charge in [-0.1, -0.05) is 0 Å². The highest BCUT2D eigenvalue weighted by molar-refractivity contribution is 5.44. The summed E-state index contributed by atoms with van der Waals surface area (Å²) >= 11 is 0. The fourth-order valence-electron chi connectivity index (χ4n) is 4.68. The lowest BCUT2D eigenvalue weighted by atomic mass is 9.65. The molecule has 3 aromatic rings. The minimum Gasteiger partial charge on any atom is -0.484 e. The lowest BCUT2D eigenvalue weighted by Gasteiger charge is -2.52. The van der Waals surface area contributed by atoms with Gasteiger partial charge in [0.15, 0.2) is 29.0 Å². The van der Waals surface area contributed by atoms with Gasteiger partial charge in [-0.25, -0.2) is 28.7 Å². The Hall–Kier alpha value is -3.00. The van der Waals surface area contributed by atoms with Crippen LogP contribution in [0.4, 0.5) is 8.78 Å². The number of halogens is 2. The molecule has 158 valence electrons. The van der Waals surface area contributed by atoms with Gasteiger partial charge < -0.3 is 9.47 Å². The molecule has 3 heterocycles. The first kappa shape index (κ1) is 18.7. The van der Waals surface area contributed by atoms with Crippen LogP contribution in [-0.2, 0) is 4.74 Å². The molecule has 0 unspecified atom stereocenters. The van der Waals surface area contributed by atoms with Crippen LogP contribution in [0.1, 0.15) is 42.2 Å². The third kappa shape index (κ3) is 3.35. The van der Waals surface area contributed by atoms with Gasteiger partial charge in [-0.05, 0) is 60.4 Å². The van der Waals surface area contributed by atoms with E-state index >= 15 is 0 Å². The maximum absolute atomic E-state index is 14.7. The Bertz CT molecular complexity index is 1090. The van der Waals surface area contributed by atoms with Crippen molar-refractivity contribution in [1.29, 1.82) is 0 Å². The zero-order valence-corrected chi connectivity index (χ0v) is 16.7. The minimum atomic E-state index is -0.640. The maximum atomic E-state index is 14.7. The van der Waals surface area contributed by atoms with Crippen LogP contribution < -0.4 is 4.74 Å². The molecule has 3 aliphatic rings. The van der Waals surface area contributed by atoms with Crippen molar-refractivity contribution in [2.24, 2.45) is 5.41 Å². The zero-order chi connectivity index (χ0) is 21.0. The second-order valence-electron chi connectivity index (χ2n) is 8.82. The third-order valence-corrected chi connectivity index (χ3v) is 6.53. The van der Waals surface area contributed by atoms with Gasteiger partial charge in [0.1, 0.15) is 6.10 Å². The molecule has 0 bridgehead atoms. The van der Waals surface area contributed by atoms with Crippen molar-refractivity contribution in [2.45, 2.75) is 37.2 Å². The number of aromatic nitrogens is 4. The third-order valence-electron chi connectivity index (χ3n) is 6.53. The van der Waals surface area contributed by atoms with E-state index in [9.17, 15) is 8.78 Å². The highest BCUT2D eigenvalue weighted by Gasteiger charge is 2.51. The van der Waals surface area contributed by atoms with E-state index in [4.69, 9.17) is 9.47 Å². The predicted molar refractivity (Wildman–Crippen MR) is 106 cm³/mol. The lowest BCUT2D eigenvalue weighted by molar-refractivity contribution is -0.192. The summed E-state index contributed by atoms with van der Waals surface area (Å²) in [6.45, 7) is 1.45. The summed E-state index contributed by atoms with van der Waals surface area (Å²) in [5.41, 5.74) is 1.76. The lowest BCUT2D eigenvalue weighted by Crippen LogP contribution is -2.56. The van der Waals surface area contributed by atoms with Crippen LogP contribution >= 0.6 is 0 Å². The Labute approximate surface area is 177 Å². The molecule has 2 aromatic heterocycles.